The fraction of sp³-hybridized carbons (Fsp3) is 0.875. The first-order chi connectivity index (χ1) is 6.21. The predicted molar refractivity (Wildman–Crippen MR) is 57.8 cm³/mol. The minimum atomic E-state index is -3.32. The van der Waals surface area contributed by atoms with E-state index in [2.05, 4.69) is 4.72 Å². The molecule has 0 amide bonds. The molecule has 14 heavy (non-hydrogen) atoms. The van der Waals surface area contributed by atoms with Gasteiger partial charge in [-0.05, 0) is 20.3 Å². The third kappa shape index (κ3) is 4.57. The summed E-state index contributed by atoms with van der Waals surface area (Å²) in [6.07, 6.45) is 1.44. The minimum absolute atomic E-state index is 0.0835. The van der Waals surface area contributed by atoms with Crippen LogP contribution in [0.1, 0.15) is 33.6 Å². The normalized spacial score (nSPS) is 12.8. The highest BCUT2D eigenvalue weighted by molar-refractivity contribution is 7.89. The summed E-state index contributed by atoms with van der Waals surface area (Å²) >= 11 is 0. The second kappa shape index (κ2) is 4.75. The molecule has 0 aliphatic rings. The van der Waals surface area contributed by atoms with Gasteiger partial charge in [0.2, 0.25) is 10.0 Å². The van der Waals surface area contributed by atoms with E-state index in [1.54, 1.807) is 13.8 Å². The monoisotopic (exact) mass is 221 g/mol. The van der Waals surface area contributed by atoms with Crippen molar-refractivity contribution in [2.45, 2.75) is 39.2 Å². The van der Waals surface area contributed by atoms with Crippen LogP contribution in [-0.4, -0.2) is 25.5 Å². The van der Waals surface area contributed by atoms with E-state index in [-0.39, 0.29) is 11.6 Å². The summed E-state index contributed by atoms with van der Waals surface area (Å²) in [5.41, 5.74) is 4.27. The van der Waals surface area contributed by atoms with Gasteiger partial charge in [-0.1, -0.05) is 13.3 Å². The molecule has 0 unspecified atom stereocenters. The molecular weight excluding hydrogens is 202 g/mol. The Bertz CT molecular complexity index is 296. The van der Waals surface area contributed by atoms with Gasteiger partial charge in [0.1, 0.15) is 5.84 Å². The maximum atomic E-state index is 11.4. The van der Waals surface area contributed by atoms with Gasteiger partial charge in [0, 0.05) is 0 Å². The highest BCUT2D eigenvalue weighted by atomic mass is 32.2. The van der Waals surface area contributed by atoms with E-state index >= 15 is 0 Å². The van der Waals surface area contributed by atoms with Gasteiger partial charge >= 0.3 is 0 Å². The van der Waals surface area contributed by atoms with Crippen LogP contribution in [0.2, 0.25) is 0 Å². The largest absolute Gasteiger partial charge is 0.386 e. The zero-order valence-electron chi connectivity index (χ0n) is 8.92. The summed E-state index contributed by atoms with van der Waals surface area (Å²) in [7, 11) is -3.32. The van der Waals surface area contributed by atoms with Crippen LogP contribution in [0.15, 0.2) is 0 Å². The van der Waals surface area contributed by atoms with E-state index in [0.717, 1.165) is 6.42 Å². The summed E-state index contributed by atoms with van der Waals surface area (Å²) < 4.78 is 25.3. The fourth-order valence-electron chi connectivity index (χ4n) is 0.829. The smallest absolute Gasteiger partial charge is 0.212 e. The van der Waals surface area contributed by atoms with Crippen molar-refractivity contribution < 1.29 is 8.42 Å². The Kier molecular flexibility index (Phi) is 4.54. The second-order valence-electron chi connectivity index (χ2n) is 3.81. The standard InChI is InChI=1S/C8H19N3O2S/c1-4-5-6-14(12,13)11-8(2,3)7(9)10/h11H,4-6H2,1-3H3,(H3,9,10). The number of sulfonamides is 1. The molecule has 0 atom stereocenters. The Hall–Kier alpha value is -0.620. The topological polar surface area (TPSA) is 96.0 Å². The van der Waals surface area contributed by atoms with Crippen molar-refractivity contribution in [3.8, 4) is 0 Å². The summed E-state index contributed by atoms with van der Waals surface area (Å²) in [5.74, 6) is -0.0993. The lowest BCUT2D eigenvalue weighted by atomic mass is 10.1. The number of rotatable bonds is 6. The zero-order chi connectivity index (χ0) is 11.4. The molecular formula is C8H19N3O2S. The van der Waals surface area contributed by atoms with Gasteiger partial charge in [0.15, 0.2) is 0 Å². The van der Waals surface area contributed by atoms with Crippen molar-refractivity contribution in [1.82, 2.24) is 4.72 Å². The molecule has 0 aromatic heterocycles. The van der Waals surface area contributed by atoms with Crippen LogP contribution in [0.5, 0.6) is 0 Å². The Morgan fingerprint density at radius 1 is 1.50 bits per heavy atom. The van der Waals surface area contributed by atoms with Gasteiger partial charge in [0.05, 0.1) is 11.3 Å². The van der Waals surface area contributed by atoms with Crippen LogP contribution in [-0.2, 0) is 10.0 Å². The van der Waals surface area contributed by atoms with E-state index < -0.39 is 15.6 Å². The van der Waals surface area contributed by atoms with E-state index in [1.165, 1.54) is 0 Å². The van der Waals surface area contributed by atoms with Crippen molar-refractivity contribution in [3.05, 3.63) is 0 Å². The van der Waals surface area contributed by atoms with E-state index in [9.17, 15) is 8.42 Å². The zero-order valence-corrected chi connectivity index (χ0v) is 9.74. The minimum Gasteiger partial charge on any atom is -0.386 e. The van der Waals surface area contributed by atoms with Gasteiger partial charge in [0.25, 0.3) is 0 Å². The number of hydrogen-bond donors (Lipinski definition) is 3. The van der Waals surface area contributed by atoms with Gasteiger partial charge in [-0.25, -0.2) is 13.1 Å². The molecule has 0 saturated heterocycles. The van der Waals surface area contributed by atoms with E-state index in [0.29, 0.717) is 6.42 Å². The molecule has 0 spiro atoms. The predicted octanol–water partition coefficient (Wildman–Crippen LogP) is 0.420. The average molecular weight is 221 g/mol. The van der Waals surface area contributed by atoms with Crippen LogP contribution >= 0.6 is 0 Å². The maximum Gasteiger partial charge on any atom is 0.212 e. The molecule has 0 aliphatic carbocycles. The Labute approximate surface area is 85.6 Å². The van der Waals surface area contributed by atoms with E-state index in [4.69, 9.17) is 11.1 Å². The van der Waals surface area contributed by atoms with Gasteiger partial charge in [-0.2, -0.15) is 0 Å². The second-order valence-corrected chi connectivity index (χ2v) is 5.66. The van der Waals surface area contributed by atoms with Crippen molar-refractivity contribution in [3.63, 3.8) is 0 Å². The maximum absolute atomic E-state index is 11.4. The van der Waals surface area contributed by atoms with E-state index in [1.807, 2.05) is 6.92 Å². The molecule has 0 fully saturated rings. The van der Waals surface area contributed by atoms with Crippen LogP contribution in [0.4, 0.5) is 0 Å². The fourth-order valence-corrected chi connectivity index (χ4v) is 2.49. The summed E-state index contributed by atoms with van der Waals surface area (Å²) in [6.45, 7) is 5.06. The van der Waals surface area contributed by atoms with Crippen LogP contribution in [0, 0.1) is 5.41 Å². The van der Waals surface area contributed by atoms with Crippen molar-refractivity contribution in [2.75, 3.05) is 5.75 Å². The molecule has 0 rings (SSSR count). The molecule has 0 saturated carbocycles. The first-order valence-corrected chi connectivity index (χ1v) is 6.22. The molecule has 4 N–H and O–H groups in total. The van der Waals surface area contributed by atoms with Crippen LogP contribution < -0.4 is 10.5 Å². The Balaban J connectivity index is 4.43. The molecule has 0 aliphatic heterocycles. The molecule has 6 heteroatoms. The third-order valence-corrected chi connectivity index (χ3v) is 3.50. The molecule has 84 valence electrons. The van der Waals surface area contributed by atoms with Gasteiger partial charge in [-0.15, -0.1) is 0 Å². The van der Waals surface area contributed by atoms with Crippen LogP contribution in [0.3, 0.4) is 0 Å². The molecule has 0 aromatic carbocycles. The van der Waals surface area contributed by atoms with Gasteiger partial charge in [-0.3, -0.25) is 5.41 Å². The number of nitrogens with one attached hydrogen (secondary N) is 2. The number of amidine groups is 1. The molecule has 0 aromatic rings. The first kappa shape index (κ1) is 13.4. The molecule has 0 heterocycles. The van der Waals surface area contributed by atoms with Crippen molar-refractivity contribution in [2.24, 2.45) is 5.73 Å². The lowest BCUT2D eigenvalue weighted by molar-refractivity contribution is 0.539. The molecule has 0 radical (unpaired) electrons. The lowest BCUT2D eigenvalue weighted by Crippen LogP contribution is -2.53. The van der Waals surface area contributed by atoms with Crippen molar-refractivity contribution in [1.29, 1.82) is 5.41 Å². The summed E-state index contributed by atoms with van der Waals surface area (Å²) in [4.78, 5) is 0. The Morgan fingerprint density at radius 2 is 2.00 bits per heavy atom. The molecule has 5 nitrogen and oxygen atoms in total. The lowest BCUT2D eigenvalue weighted by Gasteiger charge is -2.24. The van der Waals surface area contributed by atoms with Gasteiger partial charge < -0.3 is 5.73 Å². The van der Waals surface area contributed by atoms with Crippen LogP contribution in [0.25, 0.3) is 0 Å². The van der Waals surface area contributed by atoms with Crippen molar-refractivity contribution >= 4 is 15.9 Å². The molecule has 0 bridgehead atoms. The number of hydrogen-bond acceptors (Lipinski definition) is 3. The Morgan fingerprint density at radius 3 is 2.36 bits per heavy atom. The SMILES string of the molecule is CCCCS(=O)(=O)NC(C)(C)C(=N)N. The summed E-state index contributed by atoms with van der Waals surface area (Å²) in [6, 6.07) is 0. The number of nitrogens with two attached hydrogens (primary N) is 1. The quantitative estimate of drug-likeness (QED) is 0.448. The third-order valence-electron chi connectivity index (χ3n) is 1.85. The highest BCUT2D eigenvalue weighted by Gasteiger charge is 2.27. The average Bonchev–Trinajstić information content (AvgIpc) is 1.99. The highest BCUT2D eigenvalue weighted by Crippen LogP contribution is 2.05. The number of unbranched alkanes of at least 4 members (excludes halogenated alkanes) is 1. The first-order valence-electron chi connectivity index (χ1n) is 4.57. The summed E-state index contributed by atoms with van der Waals surface area (Å²) in [5, 5.41) is 7.20.